The topological polar surface area (TPSA) is 75.7 Å². The van der Waals surface area contributed by atoms with E-state index in [2.05, 4.69) is 12.2 Å². The van der Waals surface area contributed by atoms with Gasteiger partial charge in [0.25, 0.3) is 0 Å². The number of hydrogen-bond acceptors (Lipinski definition) is 4. The number of carbonyl (C=O) groups is 1. The van der Waals surface area contributed by atoms with E-state index in [1.54, 1.807) is 12.1 Å². The first-order valence-electron chi connectivity index (χ1n) is 10.2. The lowest BCUT2D eigenvalue weighted by Gasteiger charge is -2.26. The third-order valence-electron chi connectivity index (χ3n) is 5.60. The third-order valence-corrected chi connectivity index (χ3v) is 7.62. The van der Waals surface area contributed by atoms with Crippen LogP contribution in [0.2, 0.25) is 0 Å². The summed E-state index contributed by atoms with van der Waals surface area (Å²) in [7, 11) is -3.58. The van der Waals surface area contributed by atoms with E-state index < -0.39 is 10.0 Å². The Balaban J connectivity index is 2.12. The highest BCUT2D eigenvalue weighted by Gasteiger charge is 2.24. The van der Waals surface area contributed by atoms with Crippen LogP contribution in [0.3, 0.4) is 0 Å². The zero-order valence-corrected chi connectivity index (χ0v) is 18.6. The summed E-state index contributed by atoms with van der Waals surface area (Å²) < 4.78 is 32.9. The number of nitrogens with one attached hydrogen (secondary N) is 1. The second-order valence-electron chi connectivity index (χ2n) is 7.76. The fourth-order valence-corrected chi connectivity index (χ4v) is 5.30. The van der Waals surface area contributed by atoms with Crippen molar-refractivity contribution in [3.8, 4) is 0 Å². The molecule has 0 bridgehead atoms. The molecule has 0 saturated heterocycles. The predicted octanol–water partition coefficient (Wildman–Crippen LogP) is 3.87. The summed E-state index contributed by atoms with van der Waals surface area (Å²) in [5, 5.41) is 2.84. The fourth-order valence-electron chi connectivity index (χ4n) is 3.73. The Morgan fingerprint density at radius 1 is 1.21 bits per heavy atom. The molecule has 6 nitrogen and oxygen atoms in total. The van der Waals surface area contributed by atoms with E-state index in [1.165, 1.54) is 10.7 Å². The van der Waals surface area contributed by atoms with Crippen LogP contribution in [-0.4, -0.2) is 44.4 Å². The first kappa shape index (κ1) is 22.8. The Hall–Kier alpha value is -1.44. The number of ether oxygens (including phenoxy) is 1. The van der Waals surface area contributed by atoms with Crippen molar-refractivity contribution >= 4 is 21.6 Å². The molecule has 28 heavy (non-hydrogen) atoms. The molecule has 158 valence electrons. The fraction of sp³-hybridized carbons (Fsp3) is 0.667. The van der Waals surface area contributed by atoms with E-state index in [-0.39, 0.29) is 23.5 Å². The van der Waals surface area contributed by atoms with E-state index in [1.807, 2.05) is 27.7 Å². The Morgan fingerprint density at radius 2 is 1.89 bits per heavy atom. The minimum atomic E-state index is -3.58. The van der Waals surface area contributed by atoms with Crippen molar-refractivity contribution in [3.63, 3.8) is 0 Å². The normalized spacial score (nSPS) is 20.4. The van der Waals surface area contributed by atoms with E-state index in [4.69, 9.17) is 4.74 Å². The van der Waals surface area contributed by atoms with Crippen molar-refractivity contribution in [2.24, 2.45) is 5.92 Å². The van der Waals surface area contributed by atoms with Gasteiger partial charge in [-0.2, -0.15) is 4.31 Å². The summed E-state index contributed by atoms with van der Waals surface area (Å²) >= 11 is 0. The second kappa shape index (κ2) is 9.85. The lowest BCUT2D eigenvalue weighted by molar-refractivity contribution is -0.123. The van der Waals surface area contributed by atoms with Crippen LogP contribution in [0.1, 0.15) is 57.6 Å². The first-order chi connectivity index (χ1) is 13.2. The maximum Gasteiger partial charge on any atom is 0.250 e. The molecule has 2 rings (SSSR count). The summed E-state index contributed by atoms with van der Waals surface area (Å²) in [5.41, 5.74) is 2.21. The molecule has 1 fully saturated rings. The number of benzene rings is 1. The SMILES string of the molecule is CCN(CC)S(=O)(=O)c1cc(C)c(C)c(NC(=O)COC2CCCC(C)C2)c1. The molecule has 0 radical (unpaired) electrons. The van der Waals surface area contributed by atoms with Gasteiger partial charge in [0, 0.05) is 18.8 Å². The number of aryl methyl sites for hydroxylation is 1. The Kier molecular flexibility index (Phi) is 8.04. The molecular weight excluding hydrogens is 376 g/mol. The van der Waals surface area contributed by atoms with Gasteiger partial charge in [-0.05, 0) is 55.9 Å². The largest absolute Gasteiger partial charge is 0.368 e. The lowest BCUT2D eigenvalue weighted by atomic mass is 9.89. The van der Waals surface area contributed by atoms with E-state index in [0.29, 0.717) is 24.7 Å². The van der Waals surface area contributed by atoms with Gasteiger partial charge in [0.05, 0.1) is 11.0 Å². The van der Waals surface area contributed by atoms with Crippen LogP contribution in [0.4, 0.5) is 5.69 Å². The molecule has 0 aliphatic heterocycles. The van der Waals surface area contributed by atoms with Crippen molar-refractivity contribution in [2.45, 2.75) is 71.3 Å². The molecule has 0 heterocycles. The Bertz CT molecular complexity index is 788. The minimum Gasteiger partial charge on any atom is -0.368 e. The number of anilines is 1. The number of rotatable bonds is 8. The molecule has 1 aromatic carbocycles. The summed E-state index contributed by atoms with van der Waals surface area (Å²) in [4.78, 5) is 12.6. The summed E-state index contributed by atoms with van der Waals surface area (Å²) in [5.74, 6) is 0.381. The number of hydrogen-bond donors (Lipinski definition) is 1. The van der Waals surface area contributed by atoms with Crippen LogP contribution in [0.25, 0.3) is 0 Å². The van der Waals surface area contributed by atoms with Crippen molar-refractivity contribution in [3.05, 3.63) is 23.3 Å². The van der Waals surface area contributed by atoms with Crippen LogP contribution >= 0.6 is 0 Å². The van der Waals surface area contributed by atoms with Crippen molar-refractivity contribution in [1.82, 2.24) is 4.31 Å². The van der Waals surface area contributed by atoms with Gasteiger partial charge in [0.1, 0.15) is 6.61 Å². The summed E-state index contributed by atoms with van der Waals surface area (Å²) in [6.45, 7) is 10.4. The molecule has 1 N–H and O–H groups in total. The second-order valence-corrected chi connectivity index (χ2v) is 9.69. The standard InChI is InChI=1S/C21H34N2O4S/c1-6-23(7-2)28(25,26)19-12-16(4)17(5)20(13-19)22-21(24)14-27-18-10-8-9-15(3)11-18/h12-13,15,18H,6-11,14H2,1-5H3,(H,22,24). The molecule has 1 saturated carbocycles. The van der Waals surface area contributed by atoms with Crippen LogP contribution in [-0.2, 0) is 19.6 Å². The van der Waals surface area contributed by atoms with Crippen LogP contribution in [0, 0.1) is 19.8 Å². The van der Waals surface area contributed by atoms with Crippen molar-refractivity contribution in [2.75, 3.05) is 25.0 Å². The molecular formula is C21H34N2O4S. The van der Waals surface area contributed by atoms with Gasteiger partial charge in [-0.25, -0.2) is 8.42 Å². The van der Waals surface area contributed by atoms with Gasteiger partial charge in [0.2, 0.25) is 15.9 Å². The Morgan fingerprint density at radius 3 is 2.50 bits per heavy atom. The summed E-state index contributed by atoms with van der Waals surface area (Å²) in [6.07, 6.45) is 4.47. The zero-order chi connectivity index (χ0) is 20.9. The van der Waals surface area contributed by atoms with Crippen LogP contribution < -0.4 is 5.32 Å². The van der Waals surface area contributed by atoms with Gasteiger partial charge in [-0.15, -0.1) is 0 Å². The number of nitrogens with zero attached hydrogens (tertiary/aromatic N) is 1. The van der Waals surface area contributed by atoms with E-state index >= 15 is 0 Å². The molecule has 1 aliphatic carbocycles. The molecule has 1 amide bonds. The van der Waals surface area contributed by atoms with Crippen LogP contribution in [0.15, 0.2) is 17.0 Å². The highest BCUT2D eigenvalue weighted by molar-refractivity contribution is 7.89. The van der Waals surface area contributed by atoms with Gasteiger partial charge < -0.3 is 10.1 Å². The van der Waals surface area contributed by atoms with Crippen molar-refractivity contribution in [1.29, 1.82) is 0 Å². The first-order valence-corrected chi connectivity index (χ1v) is 11.7. The summed E-state index contributed by atoms with van der Waals surface area (Å²) in [6, 6.07) is 3.22. The molecule has 0 aromatic heterocycles. The van der Waals surface area contributed by atoms with Gasteiger partial charge in [-0.1, -0.05) is 33.6 Å². The van der Waals surface area contributed by atoms with Gasteiger partial charge >= 0.3 is 0 Å². The van der Waals surface area contributed by atoms with Crippen LogP contribution in [0.5, 0.6) is 0 Å². The molecule has 2 atom stereocenters. The van der Waals surface area contributed by atoms with Crippen molar-refractivity contribution < 1.29 is 17.9 Å². The molecule has 7 heteroatoms. The minimum absolute atomic E-state index is 0.0110. The molecule has 1 aliphatic rings. The maximum atomic E-state index is 12.8. The van der Waals surface area contributed by atoms with Gasteiger partial charge in [-0.3, -0.25) is 4.79 Å². The van der Waals surface area contributed by atoms with E-state index in [0.717, 1.165) is 30.4 Å². The van der Waals surface area contributed by atoms with Gasteiger partial charge in [0.15, 0.2) is 0 Å². The molecule has 1 aromatic rings. The monoisotopic (exact) mass is 410 g/mol. The molecule has 0 spiro atoms. The highest BCUT2D eigenvalue weighted by Crippen LogP contribution is 2.27. The smallest absolute Gasteiger partial charge is 0.250 e. The predicted molar refractivity (Wildman–Crippen MR) is 112 cm³/mol. The average molecular weight is 411 g/mol. The average Bonchev–Trinajstić information content (AvgIpc) is 2.64. The quantitative estimate of drug-likeness (QED) is 0.706. The zero-order valence-electron chi connectivity index (χ0n) is 17.7. The maximum absolute atomic E-state index is 12.8. The molecule has 2 unspecified atom stereocenters. The lowest BCUT2D eigenvalue weighted by Crippen LogP contribution is -2.31. The highest BCUT2D eigenvalue weighted by atomic mass is 32.2. The van der Waals surface area contributed by atoms with E-state index in [9.17, 15) is 13.2 Å². The number of sulfonamides is 1. The Labute approximate surface area is 169 Å². The number of amides is 1. The number of carbonyl (C=O) groups excluding carboxylic acids is 1. The third kappa shape index (κ3) is 5.55.